The summed E-state index contributed by atoms with van der Waals surface area (Å²) in [5, 5.41) is 2.86. The molecule has 0 aliphatic carbocycles. The largest absolute Gasteiger partial charge is 0.469 e. The van der Waals surface area contributed by atoms with Crippen molar-refractivity contribution in [2.45, 2.75) is 38.5 Å². The molecule has 0 radical (unpaired) electrons. The Morgan fingerprint density at radius 3 is 2.48 bits per heavy atom. The van der Waals surface area contributed by atoms with Crippen molar-refractivity contribution in [1.82, 2.24) is 0 Å². The van der Waals surface area contributed by atoms with E-state index in [0.29, 0.717) is 17.9 Å². The number of hydrogen-bond acceptors (Lipinski definition) is 5. The van der Waals surface area contributed by atoms with Crippen LogP contribution in [0, 0.1) is 0 Å². The summed E-state index contributed by atoms with van der Waals surface area (Å²) in [6, 6.07) is 11.6. The fraction of sp³-hybridized carbons (Fsp3) is 0.391. The van der Waals surface area contributed by atoms with Crippen molar-refractivity contribution in [2.24, 2.45) is 0 Å². The number of amides is 1. The predicted octanol–water partition coefficient (Wildman–Crippen LogP) is 4.42. The third-order valence-corrected chi connectivity index (χ3v) is 4.99. The summed E-state index contributed by atoms with van der Waals surface area (Å²) < 4.78 is 10.2. The van der Waals surface area contributed by atoms with E-state index in [1.165, 1.54) is 44.6 Å². The third-order valence-electron chi connectivity index (χ3n) is 4.99. The summed E-state index contributed by atoms with van der Waals surface area (Å²) in [6.07, 6.45) is 8.87. The molecule has 1 aromatic carbocycles. The molecule has 1 amide bonds. The molecule has 0 bridgehead atoms. The number of carbonyl (C=O) groups is 2. The highest BCUT2D eigenvalue weighted by Crippen LogP contribution is 2.21. The number of benzene rings is 1. The van der Waals surface area contributed by atoms with Crippen LogP contribution in [-0.2, 0) is 20.7 Å². The molecule has 6 nitrogen and oxygen atoms in total. The van der Waals surface area contributed by atoms with Crippen molar-refractivity contribution in [3.8, 4) is 0 Å². The van der Waals surface area contributed by atoms with Gasteiger partial charge in [-0.15, -0.1) is 0 Å². The van der Waals surface area contributed by atoms with Gasteiger partial charge < -0.3 is 19.4 Å². The molecule has 1 aliphatic rings. The van der Waals surface area contributed by atoms with Crippen molar-refractivity contribution in [3.05, 3.63) is 54.0 Å². The van der Waals surface area contributed by atoms with Gasteiger partial charge in [-0.25, -0.2) is 0 Å². The summed E-state index contributed by atoms with van der Waals surface area (Å²) in [5.41, 5.74) is 1.96. The van der Waals surface area contributed by atoms with Crippen LogP contribution in [0.4, 0.5) is 11.4 Å². The van der Waals surface area contributed by atoms with E-state index in [-0.39, 0.29) is 18.3 Å². The number of ether oxygens (including phenoxy) is 1. The Kier molecular flexibility index (Phi) is 7.50. The molecule has 1 saturated heterocycles. The molecular formula is C23H28N2O4. The zero-order chi connectivity index (χ0) is 20.5. The number of nitrogens with one attached hydrogen (secondary N) is 1. The van der Waals surface area contributed by atoms with Crippen molar-refractivity contribution < 1.29 is 18.7 Å². The fourth-order valence-corrected chi connectivity index (χ4v) is 3.37. The molecule has 154 valence electrons. The van der Waals surface area contributed by atoms with Gasteiger partial charge in [0, 0.05) is 37.0 Å². The lowest BCUT2D eigenvalue weighted by Crippen LogP contribution is -2.23. The second-order valence-corrected chi connectivity index (χ2v) is 7.15. The smallest absolute Gasteiger partial charge is 0.305 e. The number of nitrogens with zero attached hydrogens (tertiary/aromatic N) is 1. The maximum Gasteiger partial charge on any atom is 0.305 e. The van der Waals surface area contributed by atoms with Crippen molar-refractivity contribution >= 4 is 29.3 Å². The SMILES string of the molecule is COC(=O)CCc1ccc(/C=C/C(=O)Nc2ccc(N3CCCCCC3)cc2)o1. The molecule has 2 heterocycles. The number of carbonyl (C=O) groups excluding carboxylic acids is 2. The summed E-state index contributed by atoms with van der Waals surface area (Å²) in [4.78, 5) is 25.8. The number of hydrogen-bond donors (Lipinski definition) is 1. The second kappa shape index (κ2) is 10.5. The van der Waals surface area contributed by atoms with Gasteiger partial charge in [-0.2, -0.15) is 0 Å². The Balaban J connectivity index is 1.50. The highest BCUT2D eigenvalue weighted by Gasteiger charge is 2.10. The second-order valence-electron chi connectivity index (χ2n) is 7.15. The van der Waals surface area contributed by atoms with E-state index in [4.69, 9.17) is 4.42 Å². The molecule has 1 aliphatic heterocycles. The van der Waals surface area contributed by atoms with Gasteiger partial charge in [0.05, 0.1) is 13.5 Å². The minimum absolute atomic E-state index is 0.222. The monoisotopic (exact) mass is 396 g/mol. The van der Waals surface area contributed by atoms with Gasteiger partial charge in [0.1, 0.15) is 11.5 Å². The highest BCUT2D eigenvalue weighted by molar-refractivity contribution is 6.01. The van der Waals surface area contributed by atoms with Gasteiger partial charge in [0.25, 0.3) is 0 Å². The van der Waals surface area contributed by atoms with Gasteiger partial charge in [-0.3, -0.25) is 9.59 Å². The van der Waals surface area contributed by atoms with E-state index in [1.807, 2.05) is 12.1 Å². The molecule has 0 spiro atoms. The van der Waals surface area contributed by atoms with Crippen LogP contribution in [0.1, 0.15) is 43.6 Å². The Bertz CT molecular complexity index is 831. The van der Waals surface area contributed by atoms with E-state index in [0.717, 1.165) is 18.8 Å². The number of anilines is 2. The molecule has 1 aromatic heterocycles. The van der Waals surface area contributed by atoms with E-state index >= 15 is 0 Å². The van der Waals surface area contributed by atoms with Crippen LogP contribution in [0.15, 0.2) is 46.9 Å². The quantitative estimate of drug-likeness (QED) is 0.554. The average Bonchev–Trinajstić information content (AvgIpc) is 3.02. The maximum atomic E-state index is 12.2. The summed E-state index contributed by atoms with van der Waals surface area (Å²) in [5.74, 6) is 0.746. The van der Waals surface area contributed by atoms with Crippen LogP contribution in [0.2, 0.25) is 0 Å². The van der Waals surface area contributed by atoms with Crippen LogP contribution in [0.3, 0.4) is 0 Å². The van der Waals surface area contributed by atoms with Crippen molar-refractivity contribution in [2.75, 3.05) is 30.4 Å². The van der Waals surface area contributed by atoms with Crippen molar-refractivity contribution in [3.63, 3.8) is 0 Å². The summed E-state index contributed by atoms with van der Waals surface area (Å²) >= 11 is 0. The Morgan fingerprint density at radius 2 is 1.79 bits per heavy atom. The van der Waals surface area contributed by atoms with Crippen LogP contribution < -0.4 is 10.2 Å². The van der Waals surface area contributed by atoms with Crippen LogP contribution in [0.5, 0.6) is 0 Å². The van der Waals surface area contributed by atoms with E-state index in [1.54, 1.807) is 18.2 Å². The number of furan rings is 1. The molecule has 1 fully saturated rings. The first-order valence-corrected chi connectivity index (χ1v) is 10.1. The lowest BCUT2D eigenvalue weighted by atomic mass is 10.2. The summed E-state index contributed by atoms with van der Waals surface area (Å²) in [7, 11) is 1.36. The molecular weight excluding hydrogens is 368 g/mol. The number of esters is 1. The normalized spacial score (nSPS) is 14.6. The van der Waals surface area contributed by atoms with E-state index in [9.17, 15) is 9.59 Å². The first-order valence-electron chi connectivity index (χ1n) is 10.1. The molecule has 29 heavy (non-hydrogen) atoms. The van der Waals surface area contributed by atoms with Gasteiger partial charge in [0.15, 0.2) is 0 Å². The van der Waals surface area contributed by atoms with E-state index < -0.39 is 0 Å². The molecule has 0 saturated carbocycles. The molecule has 3 rings (SSSR count). The maximum absolute atomic E-state index is 12.2. The molecule has 0 atom stereocenters. The molecule has 6 heteroatoms. The van der Waals surface area contributed by atoms with Crippen LogP contribution in [0.25, 0.3) is 6.08 Å². The first-order chi connectivity index (χ1) is 14.1. The first kappa shape index (κ1) is 20.7. The van der Waals surface area contributed by atoms with E-state index in [2.05, 4.69) is 27.1 Å². The minimum atomic E-state index is -0.278. The van der Waals surface area contributed by atoms with Crippen LogP contribution in [-0.4, -0.2) is 32.1 Å². The Labute approximate surface area is 171 Å². The van der Waals surface area contributed by atoms with Gasteiger partial charge in [-0.1, -0.05) is 12.8 Å². The summed E-state index contributed by atoms with van der Waals surface area (Å²) in [6.45, 7) is 2.19. The van der Waals surface area contributed by atoms with Gasteiger partial charge in [-0.05, 0) is 55.3 Å². The molecule has 1 N–H and O–H groups in total. The standard InChI is InChI=1S/C23H28N2O4/c1-28-23(27)15-13-21-11-10-20(29-21)12-14-22(26)24-18-6-8-19(9-7-18)25-16-4-2-3-5-17-25/h6-12,14H,2-5,13,15-17H2,1H3,(H,24,26)/b14-12+. The van der Waals surface area contributed by atoms with Gasteiger partial charge in [0.2, 0.25) is 5.91 Å². The minimum Gasteiger partial charge on any atom is -0.469 e. The number of aryl methyl sites for hydroxylation is 1. The fourth-order valence-electron chi connectivity index (χ4n) is 3.37. The number of rotatable bonds is 7. The topological polar surface area (TPSA) is 71.8 Å². The van der Waals surface area contributed by atoms with Crippen LogP contribution >= 0.6 is 0 Å². The highest BCUT2D eigenvalue weighted by atomic mass is 16.5. The zero-order valence-electron chi connectivity index (χ0n) is 16.9. The number of methoxy groups -OCH3 is 1. The lowest BCUT2D eigenvalue weighted by Gasteiger charge is -2.22. The average molecular weight is 396 g/mol. The Morgan fingerprint density at radius 1 is 1.07 bits per heavy atom. The molecule has 2 aromatic rings. The van der Waals surface area contributed by atoms with Crippen molar-refractivity contribution in [1.29, 1.82) is 0 Å². The lowest BCUT2D eigenvalue weighted by molar-refractivity contribution is -0.140. The third kappa shape index (κ3) is 6.52. The van der Waals surface area contributed by atoms with Gasteiger partial charge >= 0.3 is 5.97 Å². The zero-order valence-corrected chi connectivity index (χ0v) is 16.9. The Hall–Kier alpha value is -3.02. The predicted molar refractivity (Wildman–Crippen MR) is 114 cm³/mol. The molecule has 0 unspecified atom stereocenters.